The number of rotatable bonds is 3. The molecule has 4 heteroatoms. The molecule has 2 N–H and O–H groups in total. The van der Waals surface area contributed by atoms with Gasteiger partial charge in [0.05, 0.1) is 7.11 Å². The molecule has 1 aromatic carbocycles. The third-order valence-electron chi connectivity index (χ3n) is 3.60. The van der Waals surface area contributed by atoms with Gasteiger partial charge in [0.25, 0.3) is 0 Å². The zero-order valence-corrected chi connectivity index (χ0v) is 11.1. The van der Waals surface area contributed by atoms with Crippen LogP contribution in [0.15, 0.2) is 18.2 Å². The van der Waals surface area contributed by atoms with Gasteiger partial charge in [0.1, 0.15) is 5.75 Å². The van der Waals surface area contributed by atoms with Crippen molar-refractivity contribution in [2.24, 2.45) is 5.73 Å². The van der Waals surface area contributed by atoms with Crippen LogP contribution in [-0.4, -0.2) is 30.6 Å². The van der Waals surface area contributed by atoms with Gasteiger partial charge < -0.3 is 10.5 Å². The Morgan fingerprint density at radius 3 is 2.88 bits per heavy atom. The first kappa shape index (κ1) is 12.7. The highest BCUT2D eigenvalue weighted by molar-refractivity contribution is 6.31. The maximum absolute atomic E-state index is 6.23. The molecule has 1 saturated heterocycles. The summed E-state index contributed by atoms with van der Waals surface area (Å²) in [5.41, 5.74) is 7.08. The Hall–Kier alpha value is -0.770. The van der Waals surface area contributed by atoms with Gasteiger partial charge in [-0.15, -0.1) is 0 Å². The van der Waals surface area contributed by atoms with E-state index in [1.165, 1.54) is 0 Å². The standard InChI is InChI=1S/C13H19ClN2O/c1-9-12(15)6-7-16(9)8-10-11(14)4-3-5-13(10)17-2/h3-5,9,12H,6-8,15H2,1-2H3. The quantitative estimate of drug-likeness (QED) is 0.899. The number of nitrogens with two attached hydrogens (primary N) is 1. The van der Waals surface area contributed by atoms with Crippen LogP contribution in [0.5, 0.6) is 5.75 Å². The topological polar surface area (TPSA) is 38.5 Å². The van der Waals surface area contributed by atoms with E-state index < -0.39 is 0 Å². The molecule has 2 rings (SSSR count). The van der Waals surface area contributed by atoms with Crippen LogP contribution in [0, 0.1) is 0 Å². The molecular formula is C13H19ClN2O. The lowest BCUT2D eigenvalue weighted by atomic mass is 10.1. The first-order valence-electron chi connectivity index (χ1n) is 5.94. The zero-order chi connectivity index (χ0) is 12.4. The summed E-state index contributed by atoms with van der Waals surface area (Å²) < 4.78 is 5.36. The lowest BCUT2D eigenvalue weighted by Crippen LogP contribution is -2.36. The first-order valence-corrected chi connectivity index (χ1v) is 6.32. The van der Waals surface area contributed by atoms with E-state index in [-0.39, 0.29) is 6.04 Å². The van der Waals surface area contributed by atoms with Crippen LogP contribution in [-0.2, 0) is 6.54 Å². The minimum Gasteiger partial charge on any atom is -0.496 e. The van der Waals surface area contributed by atoms with Gasteiger partial charge in [-0.2, -0.15) is 0 Å². The molecule has 0 aromatic heterocycles. The first-order chi connectivity index (χ1) is 8.13. The molecule has 94 valence electrons. The number of nitrogens with zero attached hydrogens (tertiary/aromatic N) is 1. The molecule has 2 atom stereocenters. The molecule has 1 aliphatic heterocycles. The second-order valence-corrected chi connectivity index (χ2v) is 4.99. The minimum absolute atomic E-state index is 0.267. The average Bonchev–Trinajstić information content (AvgIpc) is 2.63. The number of hydrogen-bond donors (Lipinski definition) is 1. The molecule has 3 nitrogen and oxygen atoms in total. The van der Waals surface area contributed by atoms with E-state index in [2.05, 4.69) is 11.8 Å². The lowest BCUT2D eigenvalue weighted by molar-refractivity contribution is 0.248. The summed E-state index contributed by atoms with van der Waals surface area (Å²) in [7, 11) is 1.67. The Bertz CT molecular complexity index is 397. The fourth-order valence-corrected chi connectivity index (χ4v) is 2.57. The van der Waals surface area contributed by atoms with Gasteiger partial charge in [0.2, 0.25) is 0 Å². The van der Waals surface area contributed by atoms with Crippen LogP contribution in [0.2, 0.25) is 5.02 Å². The highest BCUT2D eigenvalue weighted by Crippen LogP contribution is 2.29. The highest BCUT2D eigenvalue weighted by atomic mass is 35.5. The van der Waals surface area contributed by atoms with Crippen molar-refractivity contribution < 1.29 is 4.74 Å². The van der Waals surface area contributed by atoms with Crippen LogP contribution < -0.4 is 10.5 Å². The van der Waals surface area contributed by atoms with Crippen LogP contribution in [0.1, 0.15) is 18.9 Å². The number of hydrogen-bond acceptors (Lipinski definition) is 3. The average molecular weight is 255 g/mol. The zero-order valence-electron chi connectivity index (χ0n) is 10.3. The van der Waals surface area contributed by atoms with Gasteiger partial charge in [-0.05, 0) is 25.5 Å². The van der Waals surface area contributed by atoms with Gasteiger partial charge in [0.15, 0.2) is 0 Å². The van der Waals surface area contributed by atoms with Crippen LogP contribution in [0.4, 0.5) is 0 Å². The molecule has 17 heavy (non-hydrogen) atoms. The van der Waals surface area contributed by atoms with Crippen LogP contribution >= 0.6 is 11.6 Å². The lowest BCUT2D eigenvalue weighted by Gasteiger charge is -2.24. The maximum Gasteiger partial charge on any atom is 0.124 e. The summed E-state index contributed by atoms with van der Waals surface area (Å²) in [4.78, 5) is 2.36. The number of likely N-dealkylation sites (tertiary alicyclic amines) is 1. The van der Waals surface area contributed by atoms with Crippen molar-refractivity contribution in [2.75, 3.05) is 13.7 Å². The van der Waals surface area contributed by atoms with E-state index in [9.17, 15) is 0 Å². The summed E-state index contributed by atoms with van der Waals surface area (Å²) in [6, 6.07) is 6.42. The molecule has 0 saturated carbocycles. The Balaban J connectivity index is 2.18. The summed E-state index contributed by atoms with van der Waals surface area (Å²) in [6.07, 6.45) is 1.05. The van der Waals surface area contributed by atoms with E-state index in [1.54, 1.807) is 7.11 Å². The van der Waals surface area contributed by atoms with Crippen molar-refractivity contribution in [1.29, 1.82) is 0 Å². The van der Waals surface area contributed by atoms with Crippen molar-refractivity contribution in [3.05, 3.63) is 28.8 Å². The predicted octanol–water partition coefficient (Wildman–Crippen LogP) is 2.27. The molecule has 0 amide bonds. The fourth-order valence-electron chi connectivity index (χ4n) is 2.34. The van der Waals surface area contributed by atoms with Gasteiger partial charge in [-0.1, -0.05) is 17.7 Å². The highest BCUT2D eigenvalue weighted by Gasteiger charge is 2.28. The van der Waals surface area contributed by atoms with Crippen molar-refractivity contribution >= 4 is 11.6 Å². The number of halogens is 1. The molecule has 0 radical (unpaired) electrons. The van der Waals surface area contributed by atoms with Gasteiger partial charge in [0, 0.05) is 35.8 Å². The Morgan fingerprint density at radius 1 is 1.53 bits per heavy atom. The number of benzene rings is 1. The Morgan fingerprint density at radius 2 is 2.29 bits per heavy atom. The molecule has 0 spiro atoms. The van der Waals surface area contributed by atoms with Crippen molar-refractivity contribution in [3.63, 3.8) is 0 Å². The third kappa shape index (κ3) is 2.57. The van der Waals surface area contributed by atoms with E-state index in [0.717, 1.165) is 35.8 Å². The van der Waals surface area contributed by atoms with E-state index in [1.807, 2.05) is 18.2 Å². The summed E-state index contributed by atoms with van der Waals surface area (Å²) in [5, 5.41) is 0.761. The van der Waals surface area contributed by atoms with Crippen LogP contribution in [0.25, 0.3) is 0 Å². The van der Waals surface area contributed by atoms with E-state index in [4.69, 9.17) is 22.1 Å². The van der Waals surface area contributed by atoms with Gasteiger partial charge >= 0.3 is 0 Å². The summed E-state index contributed by atoms with van der Waals surface area (Å²) in [5.74, 6) is 0.852. The molecule has 1 aliphatic rings. The molecule has 0 bridgehead atoms. The van der Waals surface area contributed by atoms with Crippen molar-refractivity contribution in [3.8, 4) is 5.75 Å². The normalized spacial score (nSPS) is 25.2. The number of methoxy groups -OCH3 is 1. The molecule has 1 aromatic rings. The molecule has 1 fully saturated rings. The van der Waals surface area contributed by atoms with Gasteiger partial charge in [-0.3, -0.25) is 4.90 Å². The molecule has 1 heterocycles. The number of ether oxygens (including phenoxy) is 1. The van der Waals surface area contributed by atoms with Crippen molar-refractivity contribution in [2.45, 2.75) is 32.0 Å². The molecular weight excluding hydrogens is 236 g/mol. The second-order valence-electron chi connectivity index (χ2n) is 4.58. The Kier molecular flexibility index (Phi) is 3.92. The molecule has 0 aliphatic carbocycles. The SMILES string of the molecule is COc1cccc(Cl)c1CN1CCC(N)C1C. The maximum atomic E-state index is 6.23. The predicted molar refractivity (Wildman–Crippen MR) is 70.5 cm³/mol. The third-order valence-corrected chi connectivity index (χ3v) is 3.96. The minimum atomic E-state index is 0.267. The van der Waals surface area contributed by atoms with E-state index >= 15 is 0 Å². The largest absolute Gasteiger partial charge is 0.496 e. The smallest absolute Gasteiger partial charge is 0.124 e. The van der Waals surface area contributed by atoms with Crippen LogP contribution in [0.3, 0.4) is 0 Å². The van der Waals surface area contributed by atoms with Gasteiger partial charge in [-0.25, -0.2) is 0 Å². The Labute approximate surface area is 107 Å². The fraction of sp³-hybridized carbons (Fsp3) is 0.538. The summed E-state index contributed by atoms with van der Waals surface area (Å²) in [6.45, 7) is 4.00. The second kappa shape index (κ2) is 5.25. The summed E-state index contributed by atoms with van der Waals surface area (Å²) >= 11 is 6.23. The van der Waals surface area contributed by atoms with E-state index in [0.29, 0.717) is 6.04 Å². The van der Waals surface area contributed by atoms with Crippen molar-refractivity contribution in [1.82, 2.24) is 4.90 Å². The monoisotopic (exact) mass is 254 g/mol. The molecule has 2 unspecified atom stereocenters.